The van der Waals surface area contributed by atoms with Crippen molar-refractivity contribution in [2.24, 2.45) is 5.73 Å². The lowest BCUT2D eigenvalue weighted by Gasteiger charge is -2.08. The molecule has 172 valence electrons. The molecule has 0 unspecified atom stereocenters. The minimum Gasteiger partial charge on any atom is -0.330 e. The van der Waals surface area contributed by atoms with Crippen LogP contribution in [0.5, 0.6) is 0 Å². The molecule has 3 nitrogen and oxygen atoms in total. The number of hydrogen-bond acceptors (Lipinski definition) is 3. The Labute approximate surface area is 191 Å². The van der Waals surface area contributed by atoms with Crippen LogP contribution in [0.25, 0.3) is 11.4 Å². The average molecular weight is 424 g/mol. The van der Waals surface area contributed by atoms with E-state index >= 15 is 0 Å². The van der Waals surface area contributed by atoms with Crippen molar-refractivity contribution in [1.29, 1.82) is 0 Å². The van der Waals surface area contributed by atoms with E-state index in [1.165, 1.54) is 108 Å². The van der Waals surface area contributed by atoms with Crippen LogP contribution in [-0.2, 0) is 6.42 Å². The number of pyridine rings is 2. The monoisotopic (exact) mass is 423 g/mol. The first-order valence-electron chi connectivity index (χ1n) is 13.0. The summed E-state index contributed by atoms with van der Waals surface area (Å²) in [4.78, 5) is 9.05. The number of nitrogens with two attached hydrogens (primary N) is 1. The van der Waals surface area contributed by atoms with Crippen molar-refractivity contribution in [3.63, 3.8) is 0 Å². The Hall–Kier alpha value is -1.74. The summed E-state index contributed by atoms with van der Waals surface area (Å²) < 4.78 is 0. The summed E-state index contributed by atoms with van der Waals surface area (Å²) in [7, 11) is 0. The van der Waals surface area contributed by atoms with E-state index in [4.69, 9.17) is 5.73 Å². The van der Waals surface area contributed by atoms with E-state index in [1.807, 2.05) is 30.6 Å². The Bertz CT molecular complexity index is 656. The van der Waals surface area contributed by atoms with Gasteiger partial charge < -0.3 is 5.73 Å². The highest BCUT2D eigenvalue weighted by Gasteiger charge is 2.06. The molecule has 0 saturated carbocycles. The molecule has 3 heteroatoms. The van der Waals surface area contributed by atoms with Gasteiger partial charge in [0.25, 0.3) is 0 Å². The molecule has 0 saturated heterocycles. The van der Waals surface area contributed by atoms with Crippen molar-refractivity contribution in [1.82, 2.24) is 9.97 Å². The number of aromatic nitrogens is 2. The summed E-state index contributed by atoms with van der Waals surface area (Å²) in [6.45, 7) is 0.860. The molecule has 0 aliphatic heterocycles. The van der Waals surface area contributed by atoms with Crippen LogP contribution in [0.1, 0.15) is 108 Å². The van der Waals surface area contributed by atoms with Gasteiger partial charge in [0, 0.05) is 12.4 Å². The smallest absolute Gasteiger partial charge is 0.0918 e. The molecule has 0 aliphatic rings. The van der Waals surface area contributed by atoms with Crippen LogP contribution >= 0.6 is 0 Å². The van der Waals surface area contributed by atoms with Crippen molar-refractivity contribution < 1.29 is 0 Å². The number of hydrogen-bond donors (Lipinski definition) is 1. The SMILES string of the molecule is NCCCCCCCCCCCCCCCCCCc1cccnc1-c1ccccn1. The van der Waals surface area contributed by atoms with Gasteiger partial charge in [-0.2, -0.15) is 0 Å². The van der Waals surface area contributed by atoms with Crippen molar-refractivity contribution in [3.05, 3.63) is 48.3 Å². The van der Waals surface area contributed by atoms with Crippen LogP contribution in [0.15, 0.2) is 42.7 Å². The quantitative estimate of drug-likeness (QED) is 0.234. The highest BCUT2D eigenvalue weighted by molar-refractivity contribution is 5.58. The molecule has 31 heavy (non-hydrogen) atoms. The Morgan fingerprint density at radius 1 is 0.516 bits per heavy atom. The van der Waals surface area contributed by atoms with Gasteiger partial charge in [-0.05, 0) is 49.6 Å². The molecule has 0 spiro atoms. The maximum absolute atomic E-state index is 5.53. The second-order valence-electron chi connectivity index (χ2n) is 8.92. The van der Waals surface area contributed by atoms with Crippen LogP contribution in [0.4, 0.5) is 0 Å². The molecule has 2 heterocycles. The van der Waals surface area contributed by atoms with E-state index in [2.05, 4.69) is 22.1 Å². The zero-order valence-electron chi connectivity index (χ0n) is 19.7. The maximum Gasteiger partial charge on any atom is 0.0918 e. The zero-order valence-corrected chi connectivity index (χ0v) is 19.7. The molecule has 0 radical (unpaired) electrons. The van der Waals surface area contributed by atoms with Crippen molar-refractivity contribution in [2.45, 2.75) is 109 Å². The molecule has 2 N–H and O–H groups in total. The summed E-state index contributed by atoms with van der Waals surface area (Å²) in [6.07, 6.45) is 26.9. The van der Waals surface area contributed by atoms with Crippen LogP contribution in [0.2, 0.25) is 0 Å². The maximum atomic E-state index is 5.53. The zero-order chi connectivity index (χ0) is 21.8. The number of unbranched alkanes of at least 4 members (excludes halogenated alkanes) is 15. The van der Waals surface area contributed by atoms with Crippen molar-refractivity contribution >= 4 is 0 Å². The van der Waals surface area contributed by atoms with E-state index in [0.717, 1.165) is 24.4 Å². The molecule has 2 rings (SSSR count). The fourth-order valence-corrected chi connectivity index (χ4v) is 4.31. The molecule has 0 bridgehead atoms. The molecule has 0 aromatic carbocycles. The molecule has 0 atom stereocenters. The third-order valence-corrected chi connectivity index (χ3v) is 6.20. The van der Waals surface area contributed by atoms with E-state index in [1.54, 1.807) is 0 Å². The normalized spacial score (nSPS) is 11.1. The third kappa shape index (κ3) is 12.0. The Morgan fingerprint density at radius 2 is 1.03 bits per heavy atom. The largest absolute Gasteiger partial charge is 0.330 e. The van der Waals surface area contributed by atoms with E-state index < -0.39 is 0 Å². The van der Waals surface area contributed by atoms with E-state index in [9.17, 15) is 0 Å². The van der Waals surface area contributed by atoms with Crippen molar-refractivity contribution in [3.8, 4) is 11.4 Å². The van der Waals surface area contributed by atoms with E-state index in [-0.39, 0.29) is 0 Å². The van der Waals surface area contributed by atoms with Crippen LogP contribution in [-0.4, -0.2) is 16.5 Å². The summed E-state index contributed by atoms with van der Waals surface area (Å²) in [5.74, 6) is 0. The number of rotatable bonds is 19. The summed E-state index contributed by atoms with van der Waals surface area (Å²) >= 11 is 0. The molecule has 0 amide bonds. The van der Waals surface area contributed by atoms with Crippen LogP contribution in [0, 0.1) is 0 Å². The Balaban J connectivity index is 1.40. The molecular formula is C28H45N3. The predicted octanol–water partition coefficient (Wildman–Crippen LogP) is 7.89. The lowest BCUT2D eigenvalue weighted by molar-refractivity contribution is 0.528. The molecular weight excluding hydrogens is 378 g/mol. The molecule has 2 aromatic rings. The van der Waals surface area contributed by atoms with Gasteiger partial charge >= 0.3 is 0 Å². The predicted molar refractivity (Wildman–Crippen MR) is 134 cm³/mol. The topological polar surface area (TPSA) is 51.8 Å². The minimum atomic E-state index is 0.860. The van der Waals surface area contributed by atoms with Gasteiger partial charge in [-0.15, -0.1) is 0 Å². The highest BCUT2D eigenvalue weighted by Crippen LogP contribution is 2.21. The minimum absolute atomic E-state index is 0.860. The van der Waals surface area contributed by atoms with Crippen LogP contribution in [0.3, 0.4) is 0 Å². The van der Waals surface area contributed by atoms with Gasteiger partial charge in [0.1, 0.15) is 0 Å². The first-order valence-corrected chi connectivity index (χ1v) is 13.0. The fourth-order valence-electron chi connectivity index (χ4n) is 4.31. The van der Waals surface area contributed by atoms with Gasteiger partial charge in [0.15, 0.2) is 0 Å². The summed E-state index contributed by atoms with van der Waals surface area (Å²) in [5, 5.41) is 0. The molecule has 0 fully saturated rings. The second kappa shape index (κ2) is 17.9. The van der Waals surface area contributed by atoms with Gasteiger partial charge in [-0.1, -0.05) is 102 Å². The first-order chi connectivity index (χ1) is 15.4. The van der Waals surface area contributed by atoms with E-state index in [0.29, 0.717) is 0 Å². The van der Waals surface area contributed by atoms with Crippen LogP contribution < -0.4 is 5.73 Å². The van der Waals surface area contributed by atoms with Gasteiger partial charge in [-0.3, -0.25) is 9.97 Å². The molecule has 0 aliphatic carbocycles. The lowest BCUT2D eigenvalue weighted by atomic mass is 10.0. The lowest BCUT2D eigenvalue weighted by Crippen LogP contribution is -1.97. The highest BCUT2D eigenvalue weighted by atomic mass is 14.8. The summed E-state index contributed by atoms with van der Waals surface area (Å²) in [5.41, 5.74) is 8.90. The Morgan fingerprint density at radius 3 is 1.55 bits per heavy atom. The van der Waals surface area contributed by atoms with Gasteiger partial charge in [0.2, 0.25) is 0 Å². The van der Waals surface area contributed by atoms with Gasteiger partial charge in [-0.25, -0.2) is 0 Å². The first kappa shape index (κ1) is 25.5. The number of nitrogens with zero attached hydrogens (tertiary/aromatic N) is 2. The average Bonchev–Trinajstić information content (AvgIpc) is 2.82. The Kier molecular flexibility index (Phi) is 14.7. The fraction of sp³-hybridized carbons (Fsp3) is 0.643. The second-order valence-corrected chi connectivity index (χ2v) is 8.92. The summed E-state index contributed by atoms with van der Waals surface area (Å²) in [6, 6.07) is 10.3. The standard InChI is InChI=1S/C28H45N3/c29-23-17-14-12-10-8-6-4-2-1-3-5-7-9-11-13-15-20-26-21-19-25-31-28(26)27-22-16-18-24-30-27/h16,18-19,21-22,24-25H,1-15,17,20,23,29H2. The number of aryl methyl sites for hydroxylation is 1. The van der Waals surface area contributed by atoms with Crippen molar-refractivity contribution in [2.75, 3.05) is 6.54 Å². The van der Waals surface area contributed by atoms with Gasteiger partial charge in [0.05, 0.1) is 11.4 Å². The molecule has 2 aromatic heterocycles. The third-order valence-electron chi connectivity index (χ3n) is 6.20.